The Morgan fingerprint density at radius 2 is 1.50 bits per heavy atom. The van der Waals surface area contributed by atoms with Gasteiger partial charge in [-0.25, -0.2) is 0 Å². The molecule has 0 aromatic rings. The summed E-state index contributed by atoms with van der Waals surface area (Å²) in [5.74, 6) is 0.971. The van der Waals surface area contributed by atoms with E-state index in [2.05, 4.69) is 12.2 Å². The van der Waals surface area contributed by atoms with Crippen molar-refractivity contribution in [3.8, 4) is 0 Å². The highest BCUT2D eigenvalue weighted by Gasteiger charge is 2.23. The van der Waals surface area contributed by atoms with Gasteiger partial charge in [0.15, 0.2) is 0 Å². The van der Waals surface area contributed by atoms with Gasteiger partial charge in [0.05, 0.1) is 0 Å². The normalized spacial score (nSPS) is 35.8. The third-order valence-electron chi connectivity index (χ3n) is 4.02. The summed E-state index contributed by atoms with van der Waals surface area (Å²) in [6, 6.07) is 1.71. The van der Waals surface area contributed by atoms with E-state index in [1.807, 2.05) is 0 Å². The van der Waals surface area contributed by atoms with Gasteiger partial charge in [-0.2, -0.15) is 0 Å². The maximum atomic E-state index is 3.89. The number of nitrogens with one attached hydrogen (secondary N) is 1. The zero-order chi connectivity index (χ0) is 9.80. The summed E-state index contributed by atoms with van der Waals surface area (Å²) in [5, 5.41) is 3.89. The molecule has 2 saturated carbocycles. The molecular formula is C13H25N. The van der Waals surface area contributed by atoms with Gasteiger partial charge in [-0.3, -0.25) is 0 Å². The van der Waals surface area contributed by atoms with Crippen LogP contribution in [0.25, 0.3) is 0 Å². The lowest BCUT2D eigenvalue weighted by molar-refractivity contribution is 0.390. The Kier molecular flexibility index (Phi) is 3.86. The topological polar surface area (TPSA) is 12.0 Å². The second-order valence-electron chi connectivity index (χ2n) is 5.47. The molecule has 2 aliphatic carbocycles. The molecule has 2 atom stereocenters. The van der Waals surface area contributed by atoms with Gasteiger partial charge < -0.3 is 5.32 Å². The highest BCUT2D eigenvalue weighted by atomic mass is 15.0. The van der Waals surface area contributed by atoms with E-state index in [9.17, 15) is 0 Å². The molecule has 1 heteroatoms. The average molecular weight is 195 g/mol. The van der Waals surface area contributed by atoms with E-state index in [0.717, 1.165) is 18.0 Å². The molecule has 0 aromatic heterocycles. The van der Waals surface area contributed by atoms with Crippen molar-refractivity contribution in [1.29, 1.82) is 0 Å². The molecule has 0 saturated heterocycles. The van der Waals surface area contributed by atoms with Crippen molar-refractivity contribution in [3.05, 3.63) is 0 Å². The van der Waals surface area contributed by atoms with Gasteiger partial charge in [-0.05, 0) is 38.0 Å². The minimum Gasteiger partial charge on any atom is -0.311 e. The van der Waals surface area contributed by atoms with Gasteiger partial charge in [0, 0.05) is 12.1 Å². The first kappa shape index (κ1) is 10.5. The molecule has 0 bridgehead atoms. The molecule has 0 aromatic carbocycles. The third-order valence-corrected chi connectivity index (χ3v) is 4.02. The minimum absolute atomic E-state index is 0.854. The summed E-state index contributed by atoms with van der Waals surface area (Å²) in [4.78, 5) is 0. The largest absolute Gasteiger partial charge is 0.311 e. The summed E-state index contributed by atoms with van der Waals surface area (Å²) >= 11 is 0. The second kappa shape index (κ2) is 5.16. The molecular weight excluding hydrogens is 170 g/mol. The van der Waals surface area contributed by atoms with Crippen LogP contribution in [0.1, 0.15) is 64.7 Å². The molecule has 1 N–H and O–H groups in total. The molecule has 0 spiro atoms. The molecule has 0 heterocycles. The number of hydrogen-bond donors (Lipinski definition) is 1. The lowest BCUT2D eigenvalue weighted by Crippen LogP contribution is -2.36. The summed E-state index contributed by atoms with van der Waals surface area (Å²) < 4.78 is 0. The van der Waals surface area contributed by atoms with Crippen LogP contribution in [0.3, 0.4) is 0 Å². The first-order chi connectivity index (χ1) is 6.84. The summed E-state index contributed by atoms with van der Waals surface area (Å²) in [7, 11) is 0. The van der Waals surface area contributed by atoms with Gasteiger partial charge >= 0.3 is 0 Å². The molecule has 82 valence electrons. The van der Waals surface area contributed by atoms with Gasteiger partial charge in [-0.1, -0.05) is 32.6 Å². The Balaban J connectivity index is 1.72. The van der Waals surface area contributed by atoms with E-state index in [-0.39, 0.29) is 0 Å². The van der Waals surface area contributed by atoms with Gasteiger partial charge in [0.2, 0.25) is 0 Å². The summed E-state index contributed by atoms with van der Waals surface area (Å²) in [6.07, 6.45) is 13.0. The average Bonchev–Trinajstić information content (AvgIpc) is 2.43. The molecule has 2 rings (SSSR count). The first-order valence-corrected chi connectivity index (χ1v) is 6.60. The van der Waals surface area contributed by atoms with Crippen molar-refractivity contribution >= 4 is 0 Å². The van der Waals surface area contributed by atoms with Gasteiger partial charge in [-0.15, -0.1) is 0 Å². The Morgan fingerprint density at radius 1 is 0.786 bits per heavy atom. The fraction of sp³-hybridized carbons (Fsp3) is 1.00. The van der Waals surface area contributed by atoms with Crippen LogP contribution in [-0.2, 0) is 0 Å². The molecule has 2 fully saturated rings. The Hall–Kier alpha value is -0.0400. The predicted molar refractivity (Wildman–Crippen MR) is 61.4 cm³/mol. The maximum absolute atomic E-state index is 3.89. The summed E-state index contributed by atoms with van der Waals surface area (Å²) in [5.41, 5.74) is 0. The van der Waals surface area contributed by atoms with Crippen LogP contribution < -0.4 is 5.32 Å². The van der Waals surface area contributed by atoms with Crippen LogP contribution in [-0.4, -0.2) is 12.1 Å². The van der Waals surface area contributed by atoms with Crippen LogP contribution in [0.15, 0.2) is 0 Å². The first-order valence-electron chi connectivity index (χ1n) is 6.60. The smallest absolute Gasteiger partial charge is 0.00722 e. The number of rotatable bonds is 2. The van der Waals surface area contributed by atoms with Crippen molar-refractivity contribution in [3.63, 3.8) is 0 Å². The third kappa shape index (κ3) is 2.98. The van der Waals surface area contributed by atoms with Crippen molar-refractivity contribution in [2.24, 2.45) is 5.92 Å². The van der Waals surface area contributed by atoms with Crippen LogP contribution in [0.2, 0.25) is 0 Å². The predicted octanol–water partition coefficient (Wildman–Crippen LogP) is 3.49. The summed E-state index contributed by atoms with van der Waals surface area (Å²) in [6.45, 7) is 2.40. The van der Waals surface area contributed by atoms with Crippen molar-refractivity contribution in [2.75, 3.05) is 0 Å². The zero-order valence-electron chi connectivity index (χ0n) is 9.60. The SMILES string of the molecule is C[C@@H]1CC[C@@H](NC2CCCCCC2)C1. The molecule has 0 amide bonds. The van der Waals surface area contributed by atoms with E-state index < -0.39 is 0 Å². The van der Waals surface area contributed by atoms with Crippen LogP contribution in [0.5, 0.6) is 0 Å². The quantitative estimate of drug-likeness (QED) is 0.665. The van der Waals surface area contributed by atoms with Crippen molar-refractivity contribution < 1.29 is 0 Å². The lowest BCUT2D eigenvalue weighted by atomic mass is 10.1. The standard InChI is InChI=1S/C13H25N/c1-11-8-9-13(10-11)14-12-6-4-2-3-5-7-12/h11-14H,2-10H2,1H3/t11-,13-/m1/s1. The Morgan fingerprint density at radius 3 is 2.07 bits per heavy atom. The Bertz CT molecular complexity index is 159. The fourth-order valence-electron chi connectivity index (χ4n) is 3.14. The fourth-order valence-corrected chi connectivity index (χ4v) is 3.14. The van der Waals surface area contributed by atoms with E-state index >= 15 is 0 Å². The van der Waals surface area contributed by atoms with E-state index in [0.29, 0.717) is 0 Å². The van der Waals surface area contributed by atoms with E-state index in [1.165, 1.54) is 57.8 Å². The molecule has 2 aliphatic rings. The lowest BCUT2D eigenvalue weighted by Gasteiger charge is -2.21. The maximum Gasteiger partial charge on any atom is 0.00722 e. The van der Waals surface area contributed by atoms with Crippen LogP contribution in [0, 0.1) is 5.92 Å². The highest BCUT2D eigenvalue weighted by Crippen LogP contribution is 2.26. The molecule has 0 aliphatic heterocycles. The second-order valence-corrected chi connectivity index (χ2v) is 5.47. The molecule has 0 unspecified atom stereocenters. The van der Waals surface area contributed by atoms with E-state index in [1.54, 1.807) is 0 Å². The zero-order valence-corrected chi connectivity index (χ0v) is 9.60. The number of hydrogen-bond acceptors (Lipinski definition) is 1. The van der Waals surface area contributed by atoms with Gasteiger partial charge in [0.1, 0.15) is 0 Å². The van der Waals surface area contributed by atoms with Gasteiger partial charge in [0.25, 0.3) is 0 Å². The molecule has 0 radical (unpaired) electrons. The minimum atomic E-state index is 0.854. The van der Waals surface area contributed by atoms with Crippen molar-refractivity contribution in [2.45, 2.75) is 76.8 Å². The Labute approximate surface area is 88.7 Å². The molecule has 14 heavy (non-hydrogen) atoms. The molecule has 1 nitrogen and oxygen atoms in total. The van der Waals surface area contributed by atoms with E-state index in [4.69, 9.17) is 0 Å². The van der Waals surface area contributed by atoms with Crippen LogP contribution in [0.4, 0.5) is 0 Å². The highest BCUT2D eigenvalue weighted by molar-refractivity contribution is 4.82. The monoisotopic (exact) mass is 195 g/mol. The van der Waals surface area contributed by atoms with Crippen LogP contribution >= 0.6 is 0 Å². The van der Waals surface area contributed by atoms with Crippen molar-refractivity contribution in [1.82, 2.24) is 5.32 Å².